The van der Waals surface area contributed by atoms with Crippen LogP contribution in [0, 0.1) is 0 Å². The second kappa shape index (κ2) is 3.61. The van der Waals surface area contributed by atoms with Gasteiger partial charge in [0.25, 0.3) is 0 Å². The Balaban J connectivity index is 2.09. The van der Waals surface area contributed by atoms with Gasteiger partial charge >= 0.3 is 0 Å². The smallest absolute Gasteiger partial charge is 0.208 e. The first-order chi connectivity index (χ1) is 7.02. The fourth-order valence-electron chi connectivity index (χ4n) is 1.78. The van der Waals surface area contributed by atoms with Crippen molar-refractivity contribution in [2.75, 3.05) is 12.8 Å². The van der Waals surface area contributed by atoms with Gasteiger partial charge < -0.3 is 0 Å². The minimum atomic E-state index is -3.08. The Hall–Kier alpha value is -0.870. The van der Waals surface area contributed by atoms with Crippen LogP contribution in [0.1, 0.15) is 18.4 Å². The van der Waals surface area contributed by atoms with Crippen LogP contribution in [0.3, 0.4) is 0 Å². The zero-order valence-electron chi connectivity index (χ0n) is 8.73. The molecule has 15 heavy (non-hydrogen) atoms. The van der Waals surface area contributed by atoms with E-state index in [1.165, 1.54) is 11.8 Å². The molecule has 1 N–H and O–H groups in total. The van der Waals surface area contributed by atoms with E-state index in [2.05, 4.69) is 16.9 Å². The van der Waals surface area contributed by atoms with Gasteiger partial charge in [0.1, 0.15) is 0 Å². The number of benzene rings is 1. The number of hydrogen-bond donors (Lipinski definition) is 1. The van der Waals surface area contributed by atoms with Crippen LogP contribution in [0.2, 0.25) is 0 Å². The molecule has 1 saturated carbocycles. The van der Waals surface area contributed by atoms with Gasteiger partial charge in [0.15, 0.2) is 0 Å². The zero-order valence-corrected chi connectivity index (χ0v) is 9.55. The Morgan fingerprint density at radius 3 is 2.33 bits per heavy atom. The van der Waals surface area contributed by atoms with E-state index in [9.17, 15) is 8.42 Å². The molecule has 0 radical (unpaired) electrons. The standard InChI is InChI=1S/C11H15NO2S/c1-15(13,14)12-9-11(7-8-11)10-5-3-2-4-6-10/h2-6,12H,7-9H2,1H3. The molecule has 1 aliphatic carbocycles. The van der Waals surface area contributed by atoms with Crippen molar-refractivity contribution >= 4 is 10.0 Å². The average Bonchev–Trinajstić information content (AvgIpc) is 2.96. The topological polar surface area (TPSA) is 46.2 Å². The maximum absolute atomic E-state index is 11.0. The van der Waals surface area contributed by atoms with Crippen molar-refractivity contribution in [3.8, 4) is 0 Å². The summed E-state index contributed by atoms with van der Waals surface area (Å²) in [7, 11) is -3.08. The summed E-state index contributed by atoms with van der Waals surface area (Å²) < 4.78 is 24.6. The van der Waals surface area contributed by atoms with Gasteiger partial charge in [-0.05, 0) is 18.4 Å². The quantitative estimate of drug-likeness (QED) is 0.838. The molecule has 82 valence electrons. The molecule has 4 heteroatoms. The van der Waals surface area contributed by atoms with Gasteiger partial charge in [-0.2, -0.15) is 0 Å². The Morgan fingerprint density at radius 2 is 1.87 bits per heavy atom. The molecule has 0 saturated heterocycles. The molecular weight excluding hydrogens is 210 g/mol. The van der Waals surface area contributed by atoms with Crippen molar-refractivity contribution in [2.45, 2.75) is 18.3 Å². The highest BCUT2D eigenvalue weighted by molar-refractivity contribution is 7.88. The molecule has 0 spiro atoms. The highest BCUT2D eigenvalue weighted by atomic mass is 32.2. The monoisotopic (exact) mass is 225 g/mol. The van der Waals surface area contributed by atoms with E-state index in [1.807, 2.05) is 18.2 Å². The zero-order chi connectivity index (χ0) is 10.9. The van der Waals surface area contributed by atoms with Crippen LogP contribution in [-0.2, 0) is 15.4 Å². The van der Waals surface area contributed by atoms with Gasteiger partial charge in [-0.25, -0.2) is 13.1 Å². The SMILES string of the molecule is CS(=O)(=O)NCC1(c2ccccc2)CC1. The maximum Gasteiger partial charge on any atom is 0.208 e. The van der Waals surface area contributed by atoms with E-state index in [4.69, 9.17) is 0 Å². The largest absolute Gasteiger partial charge is 0.215 e. The first-order valence-electron chi connectivity index (χ1n) is 5.02. The molecule has 1 aliphatic rings. The fourth-order valence-corrected chi connectivity index (χ4v) is 2.32. The van der Waals surface area contributed by atoms with Gasteiger partial charge in [0, 0.05) is 12.0 Å². The number of rotatable bonds is 4. The third-order valence-corrected chi connectivity index (χ3v) is 3.58. The molecule has 0 bridgehead atoms. The van der Waals surface area contributed by atoms with E-state index >= 15 is 0 Å². The molecule has 0 unspecified atom stereocenters. The number of sulfonamides is 1. The lowest BCUT2D eigenvalue weighted by atomic mass is 9.96. The lowest BCUT2D eigenvalue weighted by molar-refractivity contribution is 0.573. The summed E-state index contributed by atoms with van der Waals surface area (Å²) >= 11 is 0. The first kappa shape index (κ1) is 10.6. The Morgan fingerprint density at radius 1 is 1.27 bits per heavy atom. The van der Waals surface area contributed by atoms with Crippen LogP contribution < -0.4 is 4.72 Å². The molecule has 3 nitrogen and oxygen atoms in total. The number of hydrogen-bond acceptors (Lipinski definition) is 2. The van der Waals surface area contributed by atoms with E-state index in [-0.39, 0.29) is 5.41 Å². The fraction of sp³-hybridized carbons (Fsp3) is 0.455. The van der Waals surface area contributed by atoms with Crippen molar-refractivity contribution in [1.82, 2.24) is 4.72 Å². The molecule has 0 aliphatic heterocycles. The van der Waals surface area contributed by atoms with E-state index < -0.39 is 10.0 Å². The van der Waals surface area contributed by atoms with Gasteiger partial charge in [-0.15, -0.1) is 0 Å². The summed E-state index contributed by atoms with van der Waals surface area (Å²) in [5.41, 5.74) is 1.30. The summed E-state index contributed by atoms with van der Waals surface area (Å²) in [6.45, 7) is 0.524. The van der Waals surface area contributed by atoms with Gasteiger partial charge in [-0.1, -0.05) is 30.3 Å². The molecular formula is C11H15NO2S. The summed E-state index contributed by atoms with van der Waals surface area (Å²) in [5, 5.41) is 0. The van der Waals surface area contributed by atoms with E-state index in [0.29, 0.717) is 6.54 Å². The van der Waals surface area contributed by atoms with Crippen molar-refractivity contribution in [1.29, 1.82) is 0 Å². The second-order valence-corrected chi connectivity index (χ2v) is 6.07. The maximum atomic E-state index is 11.0. The molecule has 0 heterocycles. The van der Waals surface area contributed by atoms with Crippen molar-refractivity contribution in [3.05, 3.63) is 35.9 Å². The lowest BCUT2D eigenvalue weighted by Gasteiger charge is -2.15. The molecule has 1 fully saturated rings. The molecule has 1 aromatic carbocycles. The van der Waals surface area contributed by atoms with Crippen LogP contribution in [0.4, 0.5) is 0 Å². The van der Waals surface area contributed by atoms with Crippen LogP contribution in [0.5, 0.6) is 0 Å². The lowest BCUT2D eigenvalue weighted by Crippen LogP contribution is -2.31. The van der Waals surface area contributed by atoms with Crippen molar-refractivity contribution in [3.63, 3.8) is 0 Å². The normalized spacial score (nSPS) is 18.7. The van der Waals surface area contributed by atoms with E-state index in [1.54, 1.807) is 0 Å². The van der Waals surface area contributed by atoms with Gasteiger partial charge in [0.05, 0.1) is 6.26 Å². The summed E-state index contributed by atoms with van der Waals surface area (Å²) in [6, 6.07) is 10.1. The Bertz CT molecular complexity index is 435. The predicted octanol–water partition coefficient (Wildman–Crippen LogP) is 1.27. The van der Waals surface area contributed by atoms with Gasteiger partial charge in [0.2, 0.25) is 10.0 Å². The summed E-state index contributed by atoms with van der Waals surface area (Å²) in [4.78, 5) is 0. The molecule has 0 aromatic heterocycles. The third-order valence-electron chi connectivity index (χ3n) is 2.91. The second-order valence-electron chi connectivity index (χ2n) is 4.24. The van der Waals surface area contributed by atoms with E-state index in [0.717, 1.165) is 12.8 Å². The van der Waals surface area contributed by atoms with Crippen LogP contribution in [0.25, 0.3) is 0 Å². The molecule has 0 atom stereocenters. The minimum absolute atomic E-state index is 0.0599. The van der Waals surface area contributed by atoms with Crippen molar-refractivity contribution < 1.29 is 8.42 Å². The molecule has 2 rings (SSSR count). The molecule has 1 aromatic rings. The number of nitrogens with one attached hydrogen (secondary N) is 1. The first-order valence-corrected chi connectivity index (χ1v) is 6.91. The Kier molecular flexibility index (Phi) is 2.56. The Labute approximate surface area is 90.6 Å². The van der Waals surface area contributed by atoms with Crippen molar-refractivity contribution in [2.24, 2.45) is 0 Å². The van der Waals surface area contributed by atoms with Crippen LogP contribution >= 0.6 is 0 Å². The molecule has 0 amide bonds. The van der Waals surface area contributed by atoms with Crippen LogP contribution in [-0.4, -0.2) is 21.2 Å². The summed E-state index contributed by atoms with van der Waals surface area (Å²) in [5.74, 6) is 0. The predicted molar refractivity (Wildman–Crippen MR) is 60.2 cm³/mol. The van der Waals surface area contributed by atoms with Crippen LogP contribution in [0.15, 0.2) is 30.3 Å². The summed E-state index contributed by atoms with van der Waals surface area (Å²) in [6.07, 6.45) is 3.34. The van der Waals surface area contributed by atoms with Gasteiger partial charge in [-0.3, -0.25) is 0 Å². The third kappa shape index (κ3) is 2.58. The highest BCUT2D eigenvalue weighted by Gasteiger charge is 2.44. The average molecular weight is 225 g/mol. The highest BCUT2D eigenvalue weighted by Crippen LogP contribution is 2.47. The minimum Gasteiger partial charge on any atom is -0.215 e.